The number of piperidine rings is 3. The highest BCUT2D eigenvalue weighted by molar-refractivity contribution is 5.72. The lowest BCUT2D eigenvalue weighted by atomic mass is 9.72. The van der Waals surface area contributed by atoms with Gasteiger partial charge in [0.15, 0.2) is 0 Å². The van der Waals surface area contributed by atoms with E-state index in [0.29, 0.717) is 41.9 Å². The fourth-order valence-corrected chi connectivity index (χ4v) is 5.59. The topological polar surface area (TPSA) is 81.5 Å². The Balaban J connectivity index is 1.63. The van der Waals surface area contributed by atoms with E-state index >= 15 is 0 Å². The Kier molecular flexibility index (Phi) is 5.40. The number of fused-ring (bicyclic) bond motifs is 4. The summed E-state index contributed by atoms with van der Waals surface area (Å²) in [6.07, 6.45) is 6.68. The monoisotopic (exact) mass is 383 g/mol. The molecule has 1 aromatic heterocycles. The molecule has 7 heteroatoms. The summed E-state index contributed by atoms with van der Waals surface area (Å²) in [6, 6.07) is 5.16. The van der Waals surface area contributed by atoms with Crippen LogP contribution in [0.3, 0.4) is 0 Å². The number of hydrogen-bond acceptors (Lipinski definition) is 6. The average Bonchev–Trinajstić information content (AvgIpc) is 2.72. The number of pyridine rings is 1. The van der Waals surface area contributed by atoms with Crippen molar-refractivity contribution in [3.05, 3.63) is 17.8 Å². The summed E-state index contributed by atoms with van der Waals surface area (Å²) < 4.78 is 5.32. The zero-order chi connectivity index (χ0) is 19.7. The van der Waals surface area contributed by atoms with Gasteiger partial charge in [-0.25, -0.2) is 4.98 Å². The van der Waals surface area contributed by atoms with Crippen molar-refractivity contribution in [1.29, 1.82) is 5.26 Å². The Bertz CT molecular complexity index is 777. The van der Waals surface area contributed by atoms with Gasteiger partial charge in [0.2, 0.25) is 11.8 Å². The van der Waals surface area contributed by atoms with Gasteiger partial charge in [0.1, 0.15) is 11.6 Å². The van der Waals surface area contributed by atoms with Crippen molar-refractivity contribution in [3.63, 3.8) is 0 Å². The first-order chi connectivity index (χ1) is 13.6. The highest BCUT2D eigenvalue weighted by Crippen LogP contribution is 2.43. The van der Waals surface area contributed by atoms with E-state index in [4.69, 9.17) is 4.74 Å². The minimum Gasteiger partial charge on any atom is -0.480 e. The highest BCUT2D eigenvalue weighted by Gasteiger charge is 2.47. The summed E-state index contributed by atoms with van der Waals surface area (Å²) in [5.74, 6) is 1.50. The van der Waals surface area contributed by atoms with Crippen LogP contribution < -0.4 is 15.0 Å². The second kappa shape index (κ2) is 7.96. The lowest BCUT2D eigenvalue weighted by Gasteiger charge is -2.57. The van der Waals surface area contributed by atoms with E-state index in [0.717, 1.165) is 25.3 Å². The number of carbonyl (C=O) groups is 1. The predicted octanol–water partition coefficient (Wildman–Crippen LogP) is 1.78. The number of rotatable bonds is 4. The smallest absolute Gasteiger partial charge is 0.233 e. The molecule has 1 amide bonds. The fourth-order valence-electron chi connectivity index (χ4n) is 5.59. The molecule has 7 nitrogen and oxygen atoms in total. The lowest BCUT2D eigenvalue weighted by Crippen LogP contribution is -2.65. The van der Waals surface area contributed by atoms with Crippen molar-refractivity contribution >= 4 is 11.6 Å². The van der Waals surface area contributed by atoms with Gasteiger partial charge in [-0.15, -0.1) is 0 Å². The molecule has 4 atom stereocenters. The van der Waals surface area contributed by atoms with Crippen molar-refractivity contribution in [2.75, 3.05) is 38.2 Å². The molecular formula is C21H29N5O2. The highest BCUT2D eigenvalue weighted by atomic mass is 16.5. The van der Waals surface area contributed by atoms with Gasteiger partial charge in [0.25, 0.3) is 0 Å². The Morgan fingerprint density at radius 2 is 2.21 bits per heavy atom. The second-order valence-corrected chi connectivity index (χ2v) is 8.29. The van der Waals surface area contributed by atoms with E-state index in [2.05, 4.69) is 26.2 Å². The van der Waals surface area contributed by atoms with Crippen molar-refractivity contribution in [1.82, 2.24) is 15.2 Å². The van der Waals surface area contributed by atoms with Crippen LogP contribution in [-0.2, 0) is 4.79 Å². The van der Waals surface area contributed by atoms with Gasteiger partial charge in [-0.05, 0) is 43.7 Å². The summed E-state index contributed by atoms with van der Waals surface area (Å²) in [6.45, 7) is 5.30. The molecule has 2 bridgehead atoms. The number of amides is 1. The van der Waals surface area contributed by atoms with E-state index in [1.807, 2.05) is 6.07 Å². The molecule has 0 aromatic carbocycles. The maximum atomic E-state index is 11.6. The molecule has 3 saturated heterocycles. The molecule has 0 saturated carbocycles. The van der Waals surface area contributed by atoms with Crippen LogP contribution in [0, 0.1) is 23.2 Å². The minimum atomic E-state index is 0.0361. The molecule has 1 aromatic rings. The largest absolute Gasteiger partial charge is 0.480 e. The van der Waals surface area contributed by atoms with E-state index < -0.39 is 0 Å². The quantitative estimate of drug-likeness (QED) is 0.854. The summed E-state index contributed by atoms with van der Waals surface area (Å²) in [5, 5.41) is 12.8. The zero-order valence-corrected chi connectivity index (χ0v) is 16.7. The molecule has 3 fully saturated rings. The molecule has 0 spiro atoms. The Hall–Kier alpha value is -2.33. The first-order valence-corrected chi connectivity index (χ1v) is 10.3. The molecule has 0 radical (unpaired) electrons. The molecule has 4 heterocycles. The summed E-state index contributed by atoms with van der Waals surface area (Å²) in [5.41, 5.74) is 1.44. The Labute approximate surface area is 166 Å². The van der Waals surface area contributed by atoms with Crippen molar-refractivity contribution in [2.45, 2.75) is 44.7 Å². The summed E-state index contributed by atoms with van der Waals surface area (Å²) in [7, 11) is 1.56. The third-order valence-electron chi connectivity index (χ3n) is 6.72. The molecule has 28 heavy (non-hydrogen) atoms. The Morgan fingerprint density at radius 3 is 2.96 bits per heavy atom. The number of nitrogens with one attached hydrogen (secondary N) is 1. The molecule has 150 valence electrons. The first kappa shape index (κ1) is 19.0. The summed E-state index contributed by atoms with van der Waals surface area (Å²) >= 11 is 0. The van der Waals surface area contributed by atoms with Gasteiger partial charge in [-0.3, -0.25) is 9.69 Å². The maximum absolute atomic E-state index is 11.6. The van der Waals surface area contributed by atoms with E-state index in [1.54, 1.807) is 20.2 Å². The van der Waals surface area contributed by atoms with Gasteiger partial charge in [0.05, 0.1) is 12.8 Å². The van der Waals surface area contributed by atoms with Crippen LogP contribution in [-0.4, -0.2) is 61.2 Å². The van der Waals surface area contributed by atoms with Gasteiger partial charge in [-0.2, -0.15) is 5.26 Å². The van der Waals surface area contributed by atoms with Crippen molar-refractivity contribution in [3.8, 4) is 11.9 Å². The number of aromatic nitrogens is 1. The minimum absolute atomic E-state index is 0.0361. The standard InChI is InChI=1S/C21H29N5O2/c1-14(27)24-11-20-16-9-15(18-5-3-4-8-26(18)20)12-25(13-16)19-6-7-23-21(28-2)17(19)10-22/h6-7,15-16,18,20H,3-5,8-9,11-13H2,1-2H3,(H,24,27)/t15-,16+,18+,20+/m1/s1. The molecule has 0 aliphatic carbocycles. The van der Waals surface area contributed by atoms with Crippen LogP contribution in [0.4, 0.5) is 5.69 Å². The van der Waals surface area contributed by atoms with Gasteiger partial charge in [0, 0.05) is 44.8 Å². The molecule has 0 unspecified atom stereocenters. The van der Waals surface area contributed by atoms with Crippen LogP contribution in [0.1, 0.15) is 38.2 Å². The normalized spacial score (nSPS) is 29.5. The zero-order valence-electron chi connectivity index (χ0n) is 16.7. The average molecular weight is 383 g/mol. The molecular weight excluding hydrogens is 354 g/mol. The number of hydrogen-bond donors (Lipinski definition) is 1. The second-order valence-electron chi connectivity index (χ2n) is 8.29. The van der Waals surface area contributed by atoms with Crippen LogP contribution in [0.25, 0.3) is 0 Å². The third-order valence-corrected chi connectivity index (χ3v) is 6.72. The van der Waals surface area contributed by atoms with E-state index in [1.165, 1.54) is 25.7 Å². The number of anilines is 1. The van der Waals surface area contributed by atoms with Gasteiger partial charge in [-0.1, -0.05) is 6.42 Å². The number of nitriles is 1. The molecule has 3 aliphatic heterocycles. The van der Waals surface area contributed by atoms with Crippen LogP contribution >= 0.6 is 0 Å². The number of carbonyl (C=O) groups excluding carboxylic acids is 1. The SMILES string of the molecule is COc1nccc(N2C[C@H]3C[C@@H](C2)[C@H](CNC(C)=O)N2CCCC[C@@H]32)c1C#N. The predicted molar refractivity (Wildman–Crippen MR) is 106 cm³/mol. The van der Waals surface area contributed by atoms with Gasteiger partial charge >= 0.3 is 0 Å². The van der Waals surface area contributed by atoms with Gasteiger partial charge < -0.3 is 15.0 Å². The number of methoxy groups -OCH3 is 1. The van der Waals surface area contributed by atoms with E-state index in [9.17, 15) is 10.1 Å². The third kappa shape index (κ3) is 3.42. The molecule has 4 rings (SSSR count). The Morgan fingerprint density at radius 1 is 1.39 bits per heavy atom. The molecule has 3 aliphatic rings. The van der Waals surface area contributed by atoms with Crippen molar-refractivity contribution in [2.24, 2.45) is 11.8 Å². The first-order valence-electron chi connectivity index (χ1n) is 10.3. The van der Waals surface area contributed by atoms with Crippen LogP contribution in [0.5, 0.6) is 5.88 Å². The van der Waals surface area contributed by atoms with Crippen LogP contribution in [0.15, 0.2) is 12.3 Å². The lowest BCUT2D eigenvalue weighted by molar-refractivity contribution is -0.119. The van der Waals surface area contributed by atoms with Crippen molar-refractivity contribution < 1.29 is 9.53 Å². The van der Waals surface area contributed by atoms with Crippen LogP contribution in [0.2, 0.25) is 0 Å². The number of ether oxygens (including phenoxy) is 1. The molecule has 1 N–H and O–H groups in total. The summed E-state index contributed by atoms with van der Waals surface area (Å²) in [4.78, 5) is 20.8. The van der Waals surface area contributed by atoms with E-state index in [-0.39, 0.29) is 5.91 Å². The maximum Gasteiger partial charge on any atom is 0.233 e. The number of nitrogens with zero attached hydrogens (tertiary/aromatic N) is 4. The fraction of sp³-hybridized carbons (Fsp3) is 0.667.